The summed E-state index contributed by atoms with van der Waals surface area (Å²) < 4.78 is 66.5. The molecular weight excluding hydrogens is 398 g/mol. The summed E-state index contributed by atoms with van der Waals surface area (Å²) in [5.41, 5.74) is -0.220. The number of rotatable bonds is 8. The number of alkyl halides is 2. The molecule has 0 aliphatic heterocycles. The van der Waals surface area contributed by atoms with Crippen molar-refractivity contribution in [2.24, 2.45) is 5.92 Å². The highest BCUT2D eigenvalue weighted by atomic mass is 19.3. The van der Waals surface area contributed by atoms with E-state index >= 15 is 0 Å². The average Bonchev–Trinajstić information content (AvgIpc) is 2.73. The Kier molecular flexibility index (Phi) is 7.21. The maximum atomic E-state index is 14.5. The van der Waals surface area contributed by atoms with Gasteiger partial charge in [0.15, 0.2) is 11.6 Å². The second-order valence-electron chi connectivity index (χ2n) is 7.73. The number of hydrogen-bond donors (Lipinski definition) is 0. The SMILES string of the molecule is CCCC1CCC(c2ccc(OC(F)(F)c3ccc(OCC)c(F)c3F)nc2)CC1. The van der Waals surface area contributed by atoms with Crippen molar-refractivity contribution in [3.63, 3.8) is 0 Å². The van der Waals surface area contributed by atoms with Gasteiger partial charge in [0.2, 0.25) is 11.7 Å². The third-order valence-electron chi connectivity index (χ3n) is 5.67. The summed E-state index contributed by atoms with van der Waals surface area (Å²) in [4.78, 5) is 3.98. The van der Waals surface area contributed by atoms with Crippen molar-refractivity contribution in [2.45, 2.75) is 64.4 Å². The van der Waals surface area contributed by atoms with Crippen LogP contribution in [-0.2, 0) is 6.11 Å². The highest BCUT2D eigenvalue weighted by Crippen LogP contribution is 2.39. The van der Waals surface area contributed by atoms with Gasteiger partial charge in [-0.3, -0.25) is 0 Å². The minimum atomic E-state index is -4.08. The van der Waals surface area contributed by atoms with Gasteiger partial charge in [0.05, 0.1) is 6.61 Å². The molecule has 1 heterocycles. The summed E-state index contributed by atoms with van der Waals surface area (Å²) >= 11 is 0. The number of nitrogens with zero attached hydrogens (tertiary/aromatic N) is 1. The molecule has 0 spiro atoms. The second kappa shape index (κ2) is 9.67. The van der Waals surface area contributed by atoms with Gasteiger partial charge in [0.25, 0.3) is 0 Å². The van der Waals surface area contributed by atoms with E-state index in [1.165, 1.54) is 25.1 Å². The fourth-order valence-corrected chi connectivity index (χ4v) is 4.10. The van der Waals surface area contributed by atoms with Gasteiger partial charge in [-0.1, -0.05) is 25.8 Å². The van der Waals surface area contributed by atoms with E-state index in [4.69, 9.17) is 4.74 Å². The van der Waals surface area contributed by atoms with Crippen LogP contribution in [0.25, 0.3) is 0 Å². The fraction of sp³-hybridized carbons (Fsp3) is 0.522. The van der Waals surface area contributed by atoms with E-state index in [9.17, 15) is 17.6 Å². The molecule has 0 N–H and O–H groups in total. The minimum Gasteiger partial charge on any atom is -0.491 e. The van der Waals surface area contributed by atoms with Crippen LogP contribution in [0.15, 0.2) is 30.5 Å². The van der Waals surface area contributed by atoms with Gasteiger partial charge in [0, 0.05) is 12.3 Å². The second-order valence-corrected chi connectivity index (χ2v) is 7.73. The molecule has 0 radical (unpaired) electrons. The van der Waals surface area contributed by atoms with Gasteiger partial charge in [-0.05, 0) is 62.1 Å². The lowest BCUT2D eigenvalue weighted by Gasteiger charge is -2.28. The molecular formula is C23H27F4NO2. The summed E-state index contributed by atoms with van der Waals surface area (Å²) in [6.07, 6.45) is 4.33. The normalized spacial score (nSPS) is 19.5. The number of benzene rings is 1. The molecule has 164 valence electrons. The molecule has 1 aromatic heterocycles. The van der Waals surface area contributed by atoms with E-state index in [-0.39, 0.29) is 12.5 Å². The van der Waals surface area contributed by atoms with Crippen LogP contribution in [-0.4, -0.2) is 11.6 Å². The Labute approximate surface area is 174 Å². The van der Waals surface area contributed by atoms with Crippen molar-refractivity contribution < 1.29 is 27.0 Å². The minimum absolute atomic E-state index is 0.0825. The molecule has 0 amide bonds. The fourth-order valence-electron chi connectivity index (χ4n) is 4.10. The van der Waals surface area contributed by atoms with E-state index in [1.807, 2.05) is 0 Å². The lowest BCUT2D eigenvalue weighted by Crippen LogP contribution is -2.24. The van der Waals surface area contributed by atoms with Crippen LogP contribution in [0.5, 0.6) is 11.6 Å². The molecule has 0 unspecified atom stereocenters. The van der Waals surface area contributed by atoms with Gasteiger partial charge in [-0.2, -0.15) is 13.2 Å². The smallest absolute Gasteiger partial charge is 0.430 e. The monoisotopic (exact) mass is 425 g/mol. The number of aromatic nitrogens is 1. The Hall–Kier alpha value is -2.31. The zero-order chi connectivity index (χ0) is 21.7. The van der Waals surface area contributed by atoms with Gasteiger partial charge >= 0.3 is 6.11 Å². The maximum absolute atomic E-state index is 14.5. The van der Waals surface area contributed by atoms with Crippen molar-refractivity contribution in [1.29, 1.82) is 0 Å². The van der Waals surface area contributed by atoms with Gasteiger partial charge in [0.1, 0.15) is 5.56 Å². The lowest BCUT2D eigenvalue weighted by atomic mass is 9.77. The van der Waals surface area contributed by atoms with Crippen LogP contribution >= 0.6 is 0 Å². The zero-order valence-electron chi connectivity index (χ0n) is 17.3. The predicted octanol–water partition coefficient (Wildman–Crippen LogP) is 6.96. The number of halogens is 4. The standard InChI is InChI=1S/C23H27F4NO2/c1-3-5-15-6-8-16(9-7-15)17-10-13-20(28-14-17)30-23(26,27)18-11-12-19(29-4-2)22(25)21(18)24/h10-16H,3-9H2,1-2H3. The summed E-state index contributed by atoms with van der Waals surface area (Å²) in [6, 6.07) is 4.79. The zero-order valence-corrected chi connectivity index (χ0v) is 17.3. The topological polar surface area (TPSA) is 31.4 Å². The van der Waals surface area contributed by atoms with Crippen molar-refractivity contribution in [2.75, 3.05) is 6.61 Å². The van der Waals surface area contributed by atoms with Crippen LogP contribution in [0.4, 0.5) is 17.6 Å². The first kappa shape index (κ1) is 22.4. The Balaban J connectivity index is 1.68. The molecule has 0 saturated heterocycles. The van der Waals surface area contributed by atoms with Gasteiger partial charge in [-0.25, -0.2) is 9.37 Å². The van der Waals surface area contributed by atoms with E-state index < -0.39 is 29.1 Å². The largest absolute Gasteiger partial charge is 0.491 e. The Bertz CT molecular complexity index is 834. The quantitative estimate of drug-likeness (QED) is 0.429. The molecule has 3 nitrogen and oxygen atoms in total. The van der Waals surface area contributed by atoms with Gasteiger partial charge in [-0.15, -0.1) is 0 Å². The molecule has 0 bridgehead atoms. The number of ether oxygens (including phenoxy) is 2. The van der Waals surface area contributed by atoms with Gasteiger partial charge < -0.3 is 9.47 Å². The highest BCUT2D eigenvalue weighted by Gasteiger charge is 2.40. The summed E-state index contributed by atoms with van der Waals surface area (Å²) in [5, 5.41) is 0. The van der Waals surface area contributed by atoms with Crippen molar-refractivity contribution >= 4 is 0 Å². The van der Waals surface area contributed by atoms with Crippen molar-refractivity contribution in [3.05, 3.63) is 53.2 Å². The number of hydrogen-bond acceptors (Lipinski definition) is 3. The summed E-state index contributed by atoms with van der Waals surface area (Å²) in [7, 11) is 0. The first-order chi connectivity index (χ1) is 14.4. The molecule has 1 fully saturated rings. The molecule has 1 aliphatic rings. The summed E-state index contributed by atoms with van der Waals surface area (Å²) in [6.45, 7) is 3.85. The lowest BCUT2D eigenvalue weighted by molar-refractivity contribution is -0.189. The number of pyridine rings is 1. The molecule has 1 aromatic carbocycles. The molecule has 2 aromatic rings. The van der Waals surface area contributed by atoms with Crippen LogP contribution in [0.1, 0.15) is 69.4 Å². The molecule has 0 atom stereocenters. The van der Waals surface area contributed by atoms with E-state index in [1.54, 1.807) is 13.0 Å². The Morgan fingerprint density at radius 1 is 1.00 bits per heavy atom. The summed E-state index contributed by atoms with van der Waals surface area (Å²) in [5.74, 6) is -2.82. The first-order valence-corrected chi connectivity index (χ1v) is 10.5. The Morgan fingerprint density at radius 3 is 2.33 bits per heavy atom. The molecule has 30 heavy (non-hydrogen) atoms. The third kappa shape index (κ3) is 5.05. The Morgan fingerprint density at radius 2 is 1.73 bits per heavy atom. The van der Waals surface area contributed by atoms with Crippen molar-refractivity contribution in [1.82, 2.24) is 4.98 Å². The van der Waals surface area contributed by atoms with E-state index in [2.05, 4.69) is 16.6 Å². The first-order valence-electron chi connectivity index (χ1n) is 10.5. The maximum Gasteiger partial charge on any atom is 0.430 e. The van der Waals surface area contributed by atoms with Crippen LogP contribution in [0, 0.1) is 17.6 Å². The van der Waals surface area contributed by atoms with E-state index in [0.29, 0.717) is 5.92 Å². The highest BCUT2D eigenvalue weighted by molar-refractivity contribution is 5.33. The van der Waals surface area contributed by atoms with Crippen LogP contribution in [0.2, 0.25) is 0 Å². The van der Waals surface area contributed by atoms with E-state index in [0.717, 1.165) is 49.3 Å². The molecule has 7 heteroatoms. The molecule has 1 aliphatic carbocycles. The average molecular weight is 425 g/mol. The van der Waals surface area contributed by atoms with Crippen LogP contribution < -0.4 is 9.47 Å². The predicted molar refractivity (Wildman–Crippen MR) is 106 cm³/mol. The third-order valence-corrected chi connectivity index (χ3v) is 5.67. The van der Waals surface area contributed by atoms with Crippen molar-refractivity contribution in [3.8, 4) is 11.6 Å². The molecule has 3 rings (SSSR count). The molecule has 1 saturated carbocycles. The van der Waals surface area contributed by atoms with Crippen LogP contribution in [0.3, 0.4) is 0 Å².